The van der Waals surface area contributed by atoms with Gasteiger partial charge in [0.15, 0.2) is 0 Å². The van der Waals surface area contributed by atoms with Crippen LogP contribution >= 0.6 is 0 Å². The lowest BCUT2D eigenvalue weighted by atomic mass is 9.99. The molecule has 2 atom stereocenters. The summed E-state index contributed by atoms with van der Waals surface area (Å²) in [7, 11) is 0. The molecule has 0 radical (unpaired) electrons. The van der Waals surface area contributed by atoms with Gasteiger partial charge in [-0.25, -0.2) is 0 Å². The van der Waals surface area contributed by atoms with Gasteiger partial charge in [-0.3, -0.25) is 4.99 Å². The summed E-state index contributed by atoms with van der Waals surface area (Å²) in [6, 6.07) is 8.65. The van der Waals surface area contributed by atoms with Crippen LogP contribution in [0, 0.1) is 5.92 Å². The smallest absolute Gasteiger partial charge is 0.0860 e. The number of aliphatic imine (C=N–C) groups is 1. The average molecular weight is 188 g/mol. The molecule has 74 valence electrons. The second kappa shape index (κ2) is 3.45. The van der Waals surface area contributed by atoms with Crippen LogP contribution in [-0.2, 0) is 0 Å². The third-order valence-electron chi connectivity index (χ3n) is 2.99. The standard InChI is InChI=1S/C12H16N2/c1-8-9(2)13-11-6-4-5-7-12(11)14-10(8)3/h4-9,13H,1-3H3. The molecule has 0 aliphatic carbocycles. The van der Waals surface area contributed by atoms with Gasteiger partial charge >= 0.3 is 0 Å². The molecule has 1 aromatic carbocycles. The highest BCUT2D eigenvalue weighted by Gasteiger charge is 2.19. The van der Waals surface area contributed by atoms with Gasteiger partial charge < -0.3 is 5.32 Å². The normalized spacial score (nSPS) is 25.8. The van der Waals surface area contributed by atoms with Gasteiger partial charge in [-0.15, -0.1) is 0 Å². The Hall–Kier alpha value is -1.31. The van der Waals surface area contributed by atoms with Crippen LogP contribution in [0.2, 0.25) is 0 Å². The molecule has 2 nitrogen and oxygen atoms in total. The predicted octanol–water partition coefficient (Wildman–Crippen LogP) is 3.23. The van der Waals surface area contributed by atoms with E-state index in [9.17, 15) is 0 Å². The third-order valence-corrected chi connectivity index (χ3v) is 2.99. The highest BCUT2D eigenvalue weighted by molar-refractivity contribution is 5.90. The Morgan fingerprint density at radius 2 is 1.93 bits per heavy atom. The van der Waals surface area contributed by atoms with E-state index in [0.29, 0.717) is 12.0 Å². The number of para-hydroxylation sites is 2. The zero-order valence-electron chi connectivity index (χ0n) is 8.91. The molecule has 0 fully saturated rings. The summed E-state index contributed by atoms with van der Waals surface area (Å²) in [5.41, 5.74) is 3.40. The van der Waals surface area contributed by atoms with Crippen molar-refractivity contribution in [3.63, 3.8) is 0 Å². The van der Waals surface area contributed by atoms with E-state index in [4.69, 9.17) is 0 Å². The monoisotopic (exact) mass is 188 g/mol. The molecular formula is C12H16N2. The van der Waals surface area contributed by atoms with Crippen LogP contribution in [0.25, 0.3) is 0 Å². The molecule has 1 heterocycles. The van der Waals surface area contributed by atoms with E-state index < -0.39 is 0 Å². The van der Waals surface area contributed by atoms with E-state index in [1.165, 1.54) is 5.71 Å². The zero-order chi connectivity index (χ0) is 10.1. The van der Waals surface area contributed by atoms with Crippen LogP contribution < -0.4 is 5.32 Å². The van der Waals surface area contributed by atoms with E-state index in [1.54, 1.807) is 0 Å². The fraction of sp³-hybridized carbons (Fsp3) is 0.417. The Labute approximate surface area is 85.1 Å². The Kier molecular flexibility index (Phi) is 2.28. The quantitative estimate of drug-likeness (QED) is 0.664. The molecule has 0 saturated heterocycles. The predicted molar refractivity (Wildman–Crippen MR) is 61.5 cm³/mol. The van der Waals surface area contributed by atoms with Gasteiger partial charge in [0.1, 0.15) is 0 Å². The topological polar surface area (TPSA) is 24.4 Å². The van der Waals surface area contributed by atoms with Crippen molar-refractivity contribution in [2.75, 3.05) is 5.32 Å². The second-order valence-electron chi connectivity index (χ2n) is 3.99. The molecule has 0 spiro atoms. The lowest BCUT2D eigenvalue weighted by Gasteiger charge is -2.19. The van der Waals surface area contributed by atoms with Crippen LogP contribution in [-0.4, -0.2) is 11.8 Å². The van der Waals surface area contributed by atoms with Crippen LogP contribution in [0.5, 0.6) is 0 Å². The Morgan fingerprint density at radius 3 is 2.71 bits per heavy atom. The van der Waals surface area contributed by atoms with Gasteiger partial charge in [-0.05, 0) is 26.0 Å². The Morgan fingerprint density at radius 1 is 1.21 bits per heavy atom. The zero-order valence-corrected chi connectivity index (χ0v) is 8.91. The number of benzene rings is 1. The highest BCUT2D eigenvalue weighted by atomic mass is 15.0. The maximum Gasteiger partial charge on any atom is 0.0860 e. The van der Waals surface area contributed by atoms with Gasteiger partial charge in [0.25, 0.3) is 0 Å². The van der Waals surface area contributed by atoms with Crippen LogP contribution in [0.3, 0.4) is 0 Å². The minimum Gasteiger partial charge on any atom is -0.380 e. The minimum atomic E-state index is 0.447. The van der Waals surface area contributed by atoms with Gasteiger partial charge in [0, 0.05) is 17.7 Å². The SMILES string of the molecule is CC1=Nc2ccccc2NC(C)C1C. The minimum absolute atomic E-state index is 0.447. The molecule has 0 saturated carbocycles. The Balaban J connectivity index is 2.48. The first-order valence-corrected chi connectivity index (χ1v) is 5.09. The van der Waals surface area contributed by atoms with Crippen molar-refractivity contribution in [1.82, 2.24) is 0 Å². The maximum absolute atomic E-state index is 4.63. The highest BCUT2D eigenvalue weighted by Crippen LogP contribution is 2.30. The van der Waals surface area contributed by atoms with E-state index in [1.807, 2.05) is 12.1 Å². The molecule has 0 aromatic heterocycles. The van der Waals surface area contributed by atoms with Crippen molar-refractivity contribution in [2.24, 2.45) is 10.9 Å². The number of nitrogens with one attached hydrogen (secondary N) is 1. The van der Waals surface area contributed by atoms with Crippen molar-refractivity contribution in [3.8, 4) is 0 Å². The number of nitrogens with zero attached hydrogens (tertiary/aromatic N) is 1. The summed E-state index contributed by atoms with van der Waals surface area (Å²) in [4.78, 5) is 4.63. The fourth-order valence-electron chi connectivity index (χ4n) is 1.72. The number of fused-ring (bicyclic) bond motifs is 1. The molecule has 0 bridgehead atoms. The first kappa shape index (κ1) is 9.25. The number of hydrogen-bond acceptors (Lipinski definition) is 2. The van der Waals surface area contributed by atoms with Crippen molar-refractivity contribution in [2.45, 2.75) is 26.8 Å². The van der Waals surface area contributed by atoms with Gasteiger partial charge in [0.2, 0.25) is 0 Å². The summed E-state index contributed by atoms with van der Waals surface area (Å²) in [5.74, 6) is 0.488. The Bertz CT molecular complexity index is 368. The van der Waals surface area contributed by atoms with Crippen LogP contribution in [0.4, 0.5) is 11.4 Å². The van der Waals surface area contributed by atoms with E-state index in [2.05, 4.69) is 43.2 Å². The molecule has 1 aromatic rings. The lowest BCUT2D eigenvalue weighted by molar-refractivity contribution is 0.654. The largest absolute Gasteiger partial charge is 0.380 e. The molecule has 2 rings (SSSR count). The molecule has 1 aliphatic heterocycles. The van der Waals surface area contributed by atoms with Gasteiger partial charge in [-0.1, -0.05) is 19.1 Å². The lowest BCUT2D eigenvalue weighted by Crippen LogP contribution is -2.26. The van der Waals surface area contributed by atoms with Crippen LogP contribution in [0.15, 0.2) is 29.3 Å². The summed E-state index contributed by atoms with van der Waals surface area (Å²) in [5, 5.41) is 3.49. The number of anilines is 1. The second-order valence-corrected chi connectivity index (χ2v) is 3.99. The number of hydrogen-bond donors (Lipinski definition) is 1. The van der Waals surface area contributed by atoms with Crippen molar-refractivity contribution >= 4 is 17.1 Å². The first-order chi connectivity index (χ1) is 6.68. The summed E-state index contributed by atoms with van der Waals surface area (Å²) in [6.45, 7) is 6.51. The fourth-order valence-corrected chi connectivity index (χ4v) is 1.72. The number of rotatable bonds is 0. The molecule has 0 amide bonds. The van der Waals surface area contributed by atoms with Gasteiger partial charge in [-0.2, -0.15) is 0 Å². The summed E-state index contributed by atoms with van der Waals surface area (Å²) in [6.07, 6.45) is 0. The van der Waals surface area contributed by atoms with Gasteiger partial charge in [0.05, 0.1) is 11.4 Å². The van der Waals surface area contributed by atoms with Crippen LogP contribution in [0.1, 0.15) is 20.8 Å². The van der Waals surface area contributed by atoms with Crippen molar-refractivity contribution < 1.29 is 0 Å². The van der Waals surface area contributed by atoms with E-state index in [-0.39, 0.29) is 0 Å². The maximum atomic E-state index is 4.63. The molecule has 1 N–H and O–H groups in total. The average Bonchev–Trinajstić information content (AvgIpc) is 2.28. The van der Waals surface area contributed by atoms with E-state index in [0.717, 1.165) is 11.4 Å². The molecular weight excluding hydrogens is 172 g/mol. The van der Waals surface area contributed by atoms with Crippen molar-refractivity contribution in [1.29, 1.82) is 0 Å². The van der Waals surface area contributed by atoms with E-state index >= 15 is 0 Å². The third kappa shape index (κ3) is 1.52. The molecule has 2 unspecified atom stereocenters. The summed E-state index contributed by atoms with van der Waals surface area (Å²) >= 11 is 0. The molecule has 1 aliphatic rings. The molecule has 14 heavy (non-hydrogen) atoms. The molecule has 2 heteroatoms. The first-order valence-electron chi connectivity index (χ1n) is 5.09. The van der Waals surface area contributed by atoms with Crippen molar-refractivity contribution in [3.05, 3.63) is 24.3 Å². The summed E-state index contributed by atoms with van der Waals surface area (Å²) < 4.78 is 0.